The Hall–Kier alpha value is -3.30. The Bertz CT molecular complexity index is 1240. The second kappa shape index (κ2) is 9.29. The van der Waals surface area contributed by atoms with Crippen molar-refractivity contribution < 1.29 is 15.3 Å². The van der Waals surface area contributed by atoms with Crippen LogP contribution in [0.3, 0.4) is 0 Å². The molecule has 2 unspecified atom stereocenters. The Morgan fingerprint density at radius 3 is 1.94 bits per heavy atom. The molecular formula is C30H32O3. The maximum Gasteiger partial charge on any atom is 0.118 e. The number of hydrogen-bond acceptors (Lipinski definition) is 3. The molecule has 2 atom stereocenters. The van der Waals surface area contributed by atoms with E-state index in [-0.39, 0.29) is 5.92 Å². The summed E-state index contributed by atoms with van der Waals surface area (Å²) in [7, 11) is 0. The Kier molecular flexibility index (Phi) is 6.44. The van der Waals surface area contributed by atoms with E-state index in [1.807, 2.05) is 58.0 Å². The van der Waals surface area contributed by atoms with Gasteiger partial charge in [0.1, 0.15) is 11.5 Å². The van der Waals surface area contributed by atoms with Crippen molar-refractivity contribution in [3.05, 3.63) is 111 Å². The van der Waals surface area contributed by atoms with Crippen LogP contribution in [0.25, 0.3) is 5.57 Å². The van der Waals surface area contributed by atoms with Crippen LogP contribution >= 0.6 is 0 Å². The van der Waals surface area contributed by atoms with Gasteiger partial charge in [-0.2, -0.15) is 0 Å². The number of hydrogen-bond donors (Lipinski definition) is 3. The summed E-state index contributed by atoms with van der Waals surface area (Å²) in [4.78, 5) is 0. The molecular weight excluding hydrogens is 408 g/mol. The van der Waals surface area contributed by atoms with Gasteiger partial charge in [-0.25, -0.2) is 0 Å². The molecule has 1 aliphatic rings. The second-order valence-corrected chi connectivity index (χ2v) is 9.33. The maximum atomic E-state index is 11.4. The first-order valence-corrected chi connectivity index (χ1v) is 11.5. The molecule has 33 heavy (non-hydrogen) atoms. The van der Waals surface area contributed by atoms with Gasteiger partial charge in [0.15, 0.2) is 0 Å². The van der Waals surface area contributed by atoms with Gasteiger partial charge in [-0.05, 0) is 103 Å². The number of phenols is 2. The zero-order chi connectivity index (χ0) is 23.7. The van der Waals surface area contributed by atoms with Crippen molar-refractivity contribution in [3.63, 3.8) is 0 Å². The van der Waals surface area contributed by atoms with E-state index in [4.69, 9.17) is 0 Å². The molecule has 170 valence electrons. The number of allylic oxidation sites excluding steroid dienone is 2. The average Bonchev–Trinajstić information content (AvgIpc) is 2.78. The third-order valence-corrected chi connectivity index (χ3v) is 6.79. The maximum absolute atomic E-state index is 11.4. The monoisotopic (exact) mass is 440 g/mol. The van der Waals surface area contributed by atoms with Crippen LogP contribution < -0.4 is 0 Å². The average molecular weight is 441 g/mol. The number of aromatic hydroxyl groups is 2. The normalized spacial score (nSPS) is 18.1. The highest BCUT2D eigenvalue weighted by molar-refractivity contribution is 5.76. The molecule has 0 spiro atoms. The van der Waals surface area contributed by atoms with Crippen LogP contribution in [-0.2, 0) is 12.8 Å². The van der Waals surface area contributed by atoms with Crippen molar-refractivity contribution >= 4 is 5.57 Å². The number of aryl methyl sites for hydroxylation is 4. The second-order valence-electron chi connectivity index (χ2n) is 9.33. The minimum Gasteiger partial charge on any atom is -0.508 e. The van der Waals surface area contributed by atoms with Crippen LogP contribution in [0.5, 0.6) is 11.5 Å². The molecule has 3 heteroatoms. The van der Waals surface area contributed by atoms with E-state index in [0.717, 1.165) is 50.1 Å². The molecule has 0 heterocycles. The molecule has 3 N–H and O–H groups in total. The van der Waals surface area contributed by atoms with Gasteiger partial charge in [-0.3, -0.25) is 0 Å². The van der Waals surface area contributed by atoms with E-state index in [1.54, 1.807) is 12.1 Å². The summed E-state index contributed by atoms with van der Waals surface area (Å²) in [5, 5.41) is 31.5. The van der Waals surface area contributed by atoms with Crippen molar-refractivity contribution in [1.29, 1.82) is 0 Å². The van der Waals surface area contributed by atoms with Crippen molar-refractivity contribution in [2.24, 2.45) is 5.92 Å². The molecule has 0 aliphatic heterocycles. The van der Waals surface area contributed by atoms with Gasteiger partial charge in [0.05, 0.1) is 6.10 Å². The molecule has 1 aliphatic carbocycles. The molecule has 3 aromatic carbocycles. The summed E-state index contributed by atoms with van der Waals surface area (Å²) < 4.78 is 0. The number of benzene rings is 3. The van der Waals surface area contributed by atoms with E-state index >= 15 is 0 Å². The summed E-state index contributed by atoms with van der Waals surface area (Å²) in [6.07, 6.45) is 5.00. The standard InChI is InChI=1S/C30H32O3/c1-18-12-28(31)20(3)10-23(18)14-26-16-25(22-8-6-5-7-9-22)17-27(30(26)33)15-24-11-21(4)29(32)13-19(24)2/h5-13,16-17,26,30-33H,14-15H2,1-4H3. The van der Waals surface area contributed by atoms with Gasteiger partial charge in [0.2, 0.25) is 0 Å². The van der Waals surface area contributed by atoms with E-state index < -0.39 is 6.10 Å². The fourth-order valence-electron chi connectivity index (χ4n) is 4.67. The Morgan fingerprint density at radius 1 is 0.727 bits per heavy atom. The molecule has 3 aromatic rings. The van der Waals surface area contributed by atoms with Crippen molar-refractivity contribution in [2.75, 3.05) is 0 Å². The summed E-state index contributed by atoms with van der Waals surface area (Å²) >= 11 is 0. The molecule has 0 aromatic heterocycles. The fraction of sp³-hybridized carbons (Fsp3) is 0.267. The van der Waals surface area contributed by atoms with Gasteiger partial charge in [0, 0.05) is 5.92 Å². The molecule has 0 radical (unpaired) electrons. The molecule has 4 rings (SSSR count). The highest BCUT2D eigenvalue weighted by atomic mass is 16.3. The molecule has 0 amide bonds. The summed E-state index contributed by atoms with van der Waals surface area (Å²) in [6, 6.07) is 17.9. The fourth-order valence-corrected chi connectivity index (χ4v) is 4.67. The summed E-state index contributed by atoms with van der Waals surface area (Å²) in [5.41, 5.74) is 9.20. The van der Waals surface area contributed by atoms with Crippen molar-refractivity contribution in [3.8, 4) is 11.5 Å². The van der Waals surface area contributed by atoms with Crippen LogP contribution in [-0.4, -0.2) is 21.4 Å². The predicted octanol–water partition coefficient (Wildman–Crippen LogP) is 6.12. The minimum atomic E-state index is -0.612. The SMILES string of the molecule is Cc1cc(CC2=CC(c3ccccc3)=CC(Cc3cc(C)c(O)cc3C)C2O)c(C)cc1O. The van der Waals surface area contributed by atoms with E-state index in [2.05, 4.69) is 24.3 Å². The van der Waals surface area contributed by atoms with E-state index in [1.165, 1.54) is 0 Å². The van der Waals surface area contributed by atoms with Crippen LogP contribution in [0.1, 0.15) is 38.9 Å². The van der Waals surface area contributed by atoms with Crippen LogP contribution in [0.15, 0.2) is 72.3 Å². The lowest BCUT2D eigenvalue weighted by atomic mass is 9.79. The molecule has 0 saturated heterocycles. The number of phenolic OH excluding ortho intramolecular Hbond substituents is 2. The zero-order valence-corrected chi connectivity index (χ0v) is 19.8. The van der Waals surface area contributed by atoms with Gasteiger partial charge < -0.3 is 15.3 Å². The highest BCUT2D eigenvalue weighted by Crippen LogP contribution is 2.35. The van der Waals surface area contributed by atoms with Crippen molar-refractivity contribution in [2.45, 2.75) is 46.6 Å². The Morgan fingerprint density at radius 2 is 1.30 bits per heavy atom. The molecule has 0 saturated carbocycles. The van der Waals surface area contributed by atoms with E-state index in [0.29, 0.717) is 24.3 Å². The molecule has 3 nitrogen and oxygen atoms in total. The molecule has 0 bridgehead atoms. The number of aliphatic hydroxyl groups excluding tert-OH is 1. The first-order chi connectivity index (χ1) is 15.7. The lowest BCUT2D eigenvalue weighted by Crippen LogP contribution is -2.27. The largest absolute Gasteiger partial charge is 0.508 e. The first-order valence-electron chi connectivity index (χ1n) is 11.5. The topological polar surface area (TPSA) is 60.7 Å². The molecule has 0 fully saturated rings. The van der Waals surface area contributed by atoms with Crippen molar-refractivity contribution in [1.82, 2.24) is 0 Å². The smallest absolute Gasteiger partial charge is 0.118 e. The third-order valence-electron chi connectivity index (χ3n) is 6.79. The lowest BCUT2D eigenvalue weighted by molar-refractivity contribution is 0.160. The van der Waals surface area contributed by atoms with Crippen LogP contribution in [0, 0.1) is 33.6 Å². The minimum absolute atomic E-state index is 0.0821. The third kappa shape index (κ3) is 4.89. The predicted molar refractivity (Wildman–Crippen MR) is 135 cm³/mol. The lowest BCUT2D eigenvalue weighted by Gasteiger charge is -2.29. The van der Waals surface area contributed by atoms with Crippen LogP contribution in [0.2, 0.25) is 0 Å². The highest BCUT2D eigenvalue weighted by Gasteiger charge is 2.27. The van der Waals surface area contributed by atoms with Gasteiger partial charge in [0.25, 0.3) is 0 Å². The quantitative estimate of drug-likeness (QED) is 0.448. The summed E-state index contributed by atoms with van der Waals surface area (Å²) in [6.45, 7) is 7.81. The van der Waals surface area contributed by atoms with Gasteiger partial charge >= 0.3 is 0 Å². The Labute approximate surface area is 196 Å². The number of rotatable bonds is 5. The first kappa shape index (κ1) is 22.9. The van der Waals surface area contributed by atoms with Crippen LogP contribution in [0.4, 0.5) is 0 Å². The summed E-state index contributed by atoms with van der Waals surface area (Å²) in [5.74, 6) is 0.524. The zero-order valence-electron chi connectivity index (χ0n) is 19.8. The van der Waals surface area contributed by atoms with E-state index in [9.17, 15) is 15.3 Å². The number of aliphatic hydroxyl groups is 1. The van der Waals surface area contributed by atoms with Gasteiger partial charge in [-0.15, -0.1) is 0 Å². The Balaban J connectivity index is 1.73. The van der Waals surface area contributed by atoms with Gasteiger partial charge in [-0.1, -0.05) is 54.6 Å².